The number of alkyl halides is 6. The number of fused-ring (bicyclic) bond motifs is 4. The second-order valence-corrected chi connectivity index (χ2v) is 12.3. The minimum atomic E-state index is -4.89. The molecule has 9 heteroatoms. The van der Waals surface area contributed by atoms with Gasteiger partial charge in [0.2, 0.25) is 0 Å². The van der Waals surface area contributed by atoms with E-state index in [0.717, 1.165) is 66.5 Å². The van der Waals surface area contributed by atoms with Gasteiger partial charge in [0, 0.05) is 36.5 Å². The number of aromatic nitrogens is 1. The van der Waals surface area contributed by atoms with Crippen LogP contribution in [-0.2, 0) is 18.8 Å². The lowest BCUT2D eigenvalue weighted by Crippen LogP contribution is -2.55. The van der Waals surface area contributed by atoms with Crippen molar-refractivity contribution in [3.05, 3.63) is 76.5 Å². The van der Waals surface area contributed by atoms with Crippen molar-refractivity contribution in [3.8, 4) is 0 Å². The van der Waals surface area contributed by atoms with Gasteiger partial charge in [-0.15, -0.1) is 0 Å². The number of benzene rings is 2. The van der Waals surface area contributed by atoms with Crippen molar-refractivity contribution in [2.45, 2.75) is 76.7 Å². The highest BCUT2D eigenvalue weighted by atomic mass is 32.1. The number of aryl methyl sites for hydroxylation is 1. The Labute approximate surface area is 242 Å². The topological polar surface area (TPSA) is 16.1 Å². The third-order valence-electron chi connectivity index (χ3n) is 8.89. The van der Waals surface area contributed by atoms with Crippen LogP contribution in [0, 0.1) is 18.8 Å². The molecule has 0 spiro atoms. The third-order valence-corrected chi connectivity index (χ3v) is 9.20. The van der Waals surface area contributed by atoms with Gasteiger partial charge in [0.25, 0.3) is 0 Å². The van der Waals surface area contributed by atoms with E-state index in [4.69, 9.17) is 12.2 Å². The Hall–Kier alpha value is -2.52. The van der Waals surface area contributed by atoms with Crippen molar-refractivity contribution in [2.75, 3.05) is 13.1 Å². The Morgan fingerprint density at radius 1 is 1.02 bits per heavy atom. The second-order valence-electron chi connectivity index (χ2n) is 11.8. The Bertz CT molecular complexity index is 1380. The van der Waals surface area contributed by atoms with E-state index in [1.165, 1.54) is 6.42 Å². The van der Waals surface area contributed by atoms with Crippen LogP contribution in [0.5, 0.6) is 0 Å². The van der Waals surface area contributed by atoms with Crippen LogP contribution in [0.4, 0.5) is 26.3 Å². The summed E-state index contributed by atoms with van der Waals surface area (Å²) in [5, 5.41) is 1.02. The van der Waals surface area contributed by atoms with Crippen molar-refractivity contribution in [2.24, 2.45) is 11.8 Å². The van der Waals surface area contributed by atoms with Gasteiger partial charge in [-0.2, -0.15) is 26.3 Å². The summed E-state index contributed by atoms with van der Waals surface area (Å²) in [6, 6.07) is 10.0. The fourth-order valence-electron chi connectivity index (χ4n) is 7.02. The smallest absolute Gasteiger partial charge is 0.299 e. The van der Waals surface area contributed by atoms with Crippen molar-refractivity contribution in [3.63, 3.8) is 0 Å². The molecule has 4 heterocycles. The maximum Gasteiger partial charge on any atom is 0.416 e. The zero-order valence-electron chi connectivity index (χ0n) is 23.2. The molecule has 3 aliphatic rings. The van der Waals surface area contributed by atoms with E-state index in [0.29, 0.717) is 23.1 Å². The van der Waals surface area contributed by atoms with E-state index in [9.17, 15) is 26.3 Å². The van der Waals surface area contributed by atoms with Gasteiger partial charge in [0.05, 0.1) is 16.6 Å². The van der Waals surface area contributed by atoms with Crippen LogP contribution in [0.3, 0.4) is 0 Å². The molecular weight excluding hydrogens is 558 g/mol. The average Bonchev–Trinajstić information content (AvgIpc) is 2.91. The maximum absolute atomic E-state index is 13.5. The van der Waals surface area contributed by atoms with Gasteiger partial charge in [0.1, 0.15) is 0 Å². The molecule has 3 aliphatic heterocycles. The Balaban J connectivity index is 1.49. The molecule has 0 amide bonds. The van der Waals surface area contributed by atoms with Crippen LogP contribution in [0.2, 0.25) is 0 Å². The first-order valence-electron chi connectivity index (χ1n) is 14.2. The van der Waals surface area contributed by atoms with Gasteiger partial charge in [-0.25, -0.2) is 0 Å². The molecule has 2 bridgehead atoms. The van der Waals surface area contributed by atoms with E-state index in [1.54, 1.807) is 6.20 Å². The minimum Gasteiger partial charge on any atom is -0.299 e. The normalized spacial score (nSPS) is 23.6. The van der Waals surface area contributed by atoms with Crippen molar-refractivity contribution >= 4 is 28.0 Å². The van der Waals surface area contributed by atoms with E-state index in [-0.39, 0.29) is 30.0 Å². The summed E-state index contributed by atoms with van der Waals surface area (Å²) in [5.74, 6) is 1.21. The highest BCUT2D eigenvalue weighted by Gasteiger charge is 2.43. The Morgan fingerprint density at radius 3 is 2.34 bits per heavy atom. The predicted molar refractivity (Wildman–Crippen MR) is 153 cm³/mol. The van der Waals surface area contributed by atoms with Crippen LogP contribution >= 0.6 is 12.2 Å². The Kier molecular flexibility index (Phi) is 8.50. The molecule has 5 atom stereocenters. The molecule has 0 radical (unpaired) electrons. The van der Waals surface area contributed by atoms with E-state index in [1.807, 2.05) is 25.1 Å². The fourth-order valence-corrected chi connectivity index (χ4v) is 7.37. The standard InChI is InChI=1S/C32H34F6N2S/c1-3-4-22-18-40-10-8-21(22)15-30(40)28(26-7-9-39-29-6-5-19(2)11-27(26)29)17-25(41)14-20-12-23(31(33,34)35)16-24(13-20)32(36,37)38/h5-7,9,11-13,16,21-22,28,30H,3-4,8,10,14-15,17-18H2,1-2H3. The van der Waals surface area contributed by atoms with E-state index < -0.39 is 23.5 Å². The van der Waals surface area contributed by atoms with Crippen molar-refractivity contribution in [1.82, 2.24) is 9.88 Å². The van der Waals surface area contributed by atoms with Gasteiger partial charge in [-0.3, -0.25) is 9.88 Å². The monoisotopic (exact) mass is 592 g/mol. The number of rotatable bonds is 8. The molecule has 220 valence electrons. The fraction of sp³-hybridized carbons (Fsp3) is 0.500. The van der Waals surface area contributed by atoms with Gasteiger partial charge in [-0.1, -0.05) is 37.2 Å². The lowest BCUT2D eigenvalue weighted by atomic mass is 9.69. The predicted octanol–water partition coefficient (Wildman–Crippen LogP) is 9.18. The summed E-state index contributed by atoms with van der Waals surface area (Å²) < 4.78 is 80.9. The summed E-state index contributed by atoms with van der Waals surface area (Å²) in [6.45, 7) is 6.23. The summed E-state index contributed by atoms with van der Waals surface area (Å²) in [7, 11) is 0. The first-order chi connectivity index (χ1) is 19.3. The van der Waals surface area contributed by atoms with Crippen LogP contribution < -0.4 is 0 Å². The number of piperidine rings is 3. The molecule has 2 nitrogen and oxygen atoms in total. The van der Waals surface area contributed by atoms with Crippen LogP contribution in [-0.4, -0.2) is 33.9 Å². The molecule has 41 heavy (non-hydrogen) atoms. The average molecular weight is 593 g/mol. The van der Waals surface area contributed by atoms with Gasteiger partial charge >= 0.3 is 12.4 Å². The van der Waals surface area contributed by atoms with Crippen molar-refractivity contribution in [1.29, 1.82) is 0 Å². The highest BCUT2D eigenvalue weighted by molar-refractivity contribution is 7.80. The molecule has 3 aromatic rings. The molecule has 0 saturated carbocycles. The molecule has 3 fully saturated rings. The zero-order valence-corrected chi connectivity index (χ0v) is 24.0. The highest BCUT2D eigenvalue weighted by Crippen LogP contribution is 2.45. The minimum absolute atomic E-state index is 0.0481. The number of pyridine rings is 1. The number of hydrogen-bond acceptors (Lipinski definition) is 3. The van der Waals surface area contributed by atoms with Crippen molar-refractivity contribution < 1.29 is 26.3 Å². The molecule has 0 N–H and O–H groups in total. The number of hydrogen-bond donors (Lipinski definition) is 0. The SMILES string of the molecule is CCCC1CN2CCC1CC2C(CC(=S)Cc1cc(C(F)(F)F)cc(C(F)(F)F)c1)c1ccnc2ccc(C)cc12. The van der Waals surface area contributed by atoms with Gasteiger partial charge < -0.3 is 0 Å². The molecular formula is C32H34F6N2S. The molecule has 2 aromatic carbocycles. The van der Waals surface area contributed by atoms with Crippen LogP contribution in [0.15, 0.2) is 48.7 Å². The summed E-state index contributed by atoms with van der Waals surface area (Å²) >= 11 is 5.76. The first-order valence-corrected chi connectivity index (χ1v) is 14.6. The zero-order chi connectivity index (χ0) is 29.5. The quantitative estimate of drug-likeness (QED) is 0.192. The molecule has 3 saturated heterocycles. The maximum atomic E-state index is 13.5. The number of thiocarbonyl (C=S) groups is 1. The summed E-state index contributed by atoms with van der Waals surface area (Å²) in [4.78, 5) is 7.54. The molecule has 0 aliphatic carbocycles. The van der Waals surface area contributed by atoms with E-state index >= 15 is 0 Å². The largest absolute Gasteiger partial charge is 0.416 e. The Morgan fingerprint density at radius 2 is 1.73 bits per heavy atom. The summed E-state index contributed by atoms with van der Waals surface area (Å²) in [6.07, 6.45) is -3.25. The number of halogens is 6. The lowest BCUT2D eigenvalue weighted by Gasteiger charge is -2.52. The lowest BCUT2D eigenvalue weighted by molar-refractivity contribution is -0.143. The van der Waals surface area contributed by atoms with E-state index in [2.05, 4.69) is 22.9 Å². The number of nitrogens with zero attached hydrogens (tertiary/aromatic N) is 2. The third kappa shape index (κ3) is 6.61. The molecule has 6 rings (SSSR count). The van der Waals surface area contributed by atoms with Gasteiger partial charge in [-0.05, 0) is 103 Å². The van der Waals surface area contributed by atoms with Crippen LogP contribution in [0.25, 0.3) is 10.9 Å². The van der Waals surface area contributed by atoms with Gasteiger partial charge in [0.15, 0.2) is 0 Å². The van der Waals surface area contributed by atoms with Crippen LogP contribution in [0.1, 0.15) is 72.8 Å². The molecule has 1 aromatic heterocycles. The summed E-state index contributed by atoms with van der Waals surface area (Å²) in [5.41, 5.74) is 0.345. The molecule has 5 unspecified atom stereocenters. The first kappa shape index (κ1) is 30.0. The second kappa shape index (κ2) is 11.6.